The molecular weight excluding hydrogens is 228 g/mol. The van der Waals surface area contributed by atoms with Crippen molar-refractivity contribution in [2.45, 2.75) is 32.1 Å². The first kappa shape index (κ1) is 14.1. The monoisotopic (exact) mass is 250 g/mol. The second-order valence-corrected chi connectivity index (χ2v) is 6.69. The van der Waals surface area contributed by atoms with Crippen LogP contribution in [0.4, 0.5) is 0 Å². The highest BCUT2D eigenvalue weighted by Crippen LogP contribution is 2.25. The molecule has 0 saturated carbocycles. The van der Waals surface area contributed by atoms with Crippen LogP contribution in [-0.2, 0) is 22.8 Å². The van der Waals surface area contributed by atoms with Gasteiger partial charge in [-0.1, -0.05) is 0 Å². The van der Waals surface area contributed by atoms with E-state index in [-0.39, 0.29) is 11.8 Å². The van der Waals surface area contributed by atoms with Crippen LogP contribution < -0.4 is 0 Å². The Morgan fingerprint density at radius 3 is 2.44 bits per heavy atom. The second-order valence-electron chi connectivity index (χ2n) is 3.74. The van der Waals surface area contributed by atoms with Crippen LogP contribution >= 0.6 is 0 Å². The van der Waals surface area contributed by atoms with Gasteiger partial charge < -0.3 is 22.8 Å². The van der Waals surface area contributed by atoms with E-state index in [4.69, 9.17) is 22.8 Å². The summed E-state index contributed by atoms with van der Waals surface area (Å²) in [4.78, 5) is 0. The molecule has 1 rings (SSSR count). The Morgan fingerprint density at radius 2 is 2.00 bits per heavy atom. The zero-order valence-corrected chi connectivity index (χ0v) is 11.5. The summed E-state index contributed by atoms with van der Waals surface area (Å²) in [5.41, 5.74) is 0.0184. The Balaban J connectivity index is 2.27. The molecule has 6 heteroatoms. The van der Waals surface area contributed by atoms with E-state index in [9.17, 15) is 0 Å². The highest BCUT2D eigenvalue weighted by atomic mass is 28.4. The predicted octanol–water partition coefficient (Wildman–Crippen LogP) is 0.988. The molecule has 1 heterocycles. The molecule has 5 nitrogen and oxygen atoms in total. The highest BCUT2D eigenvalue weighted by Gasteiger charge is 2.56. The molecule has 0 aromatic carbocycles. The fraction of sp³-hybridized carbons (Fsp3) is 1.00. The van der Waals surface area contributed by atoms with Gasteiger partial charge in [0.25, 0.3) is 0 Å². The molecule has 1 fully saturated rings. The molecule has 0 amide bonds. The number of ether oxygens (including phenoxy) is 2. The molecular formula is C10H22O5Si. The molecule has 1 aliphatic heterocycles. The number of rotatable bonds is 9. The zero-order chi connectivity index (χ0) is 12.0. The van der Waals surface area contributed by atoms with Gasteiger partial charge in [0, 0.05) is 27.4 Å². The average molecular weight is 250 g/mol. The maximum absolute atomic E-state index is 5.76. The van der Waals surface area contributed by atoms with Gasteiger partial charge in [-0.05, 0) is 20.3 Å². The number of hydrogen-bond donors (Lipinski definition) is 0. The van der Waals surface area contributed by atoms with Crippen molar-refractivity contribution < 1.29 is 22.8 Å². The first-order valence-electron chi connectivity index (χ1n) is 5.66. The fourth-order valence-corrected chi connectivity index (χ4v) is 3.57. The molecule has 0 aromatic heterocycles. The summed E-state index contributed by atoms with van der Waals surface area (Å²) in [5.74, 6) is 0. The lowest BCUT2D eigenvalue weighted by atomic mass is 10.3. The Morgan fingerprint density at radius 1 is 1.38 bits per heavy atom. The maximum Gasteiger partial charge on any atom is 0.533 e. The Kier molecular flexibility index (Phi) is 5.88. The maximum atomic E-state index is 5.76. The molecule has 0 spiro atoms. The summed E-state index contributed by atoms with van der Waals surface area (Å²) < 4.78 is 27.2. The van der Waals surface area contributed by atoms with E-state index in [1.165, 1.54) is 0 Å². The summed E-state index contributed by atoms with van der Waals surface area (Å²) in [6, 6.07) is 0. The van der Waals surface area contributed by atoms with Crippen molar-refractivity contribution in [1.82, 2.24) is 0 Å². The SMILES string of the molecule is CCOC(C)CCO[Si](OC)(OC)C1CO1. The van der Waals surface area contributed by atoms with Gasteiger partial charge in [0.1, 0.15) is 0 Å². The molecule has 0 radical (unpaired) electrons. The largest absolute Gasteiger partial charge is 0.533 e. The lowest BCUT2D eigenvalue weighted by Gasteiger charge is -2.25. The van der Waals surface area contributed by atoms with Gasteiger partial charge in [-0.15, -0.1) is 0 Å². The topological polar surface area (TPSA) is 49.5 Å². The number of hydrogen-bond acceptors (Lipinski definition) is 5. The van der Waals surface area contributed by atoms with Crippen LogP contribution in [0.25, 0.3) is 0 Å². The summed E-state index contributed by atoms with van der Waals surface area (Å²) in [6.07, 6.45) is 1.03. The molecule has 0 bridgehead atoms. The standard InChI is InChI=1S/C10H22O5Si/c1-5-13-9(2)6-7-15-16(11-3,12-4)10-8-14-10/h9-10H,5-8H2,1-4H3. The minimum absolute atomic E-state index is 0.0184. The normalized spacial score (nSPS) is 22.1. The fourth-order valence-electron chi connectivity index (χ4n) is 1.54. The number of epoxide rings is 1. The zero-order valence-electron chi connectivity index (χ0n) is 10.5. The van der Waals surface area contributed by atoms with Crippen molar-refractivity contribution >= 4 is 8.80 Å². The third-order valence-electron chi connectivity index (χ3n) is 2.58. The van der Waals surface area contributed by atoms with Crippen molar-refractivity contribution in [3.8, 4) is 0 Å². The van der Waals surface area contributed by atoms with Gasteiger partial charge in [0.05, 0.1) is 12.7 Å². The molecule has 0 aromatic rings. The van der Waals surface area contributed by atoms with Crippen molar-refractivity contribution in [2.75, 3.05) is 34.0 Å². The van der Waals surface area contributed by atoms with E-state index >= 15 is 0 Å². The summed E-state index contributed by atoms with van der Waals surface area (Å²) in [6.45, 7) is 6.00. The van der Waals surface area contributed by atoms with Gasteiger partial charge in [-0.25, -0.2) is 0 Å². The summed E-state index contributed by atoms with van der Waals surface area (Å²) >= 11 is 0. The molecule has 0 N–H and O–H groups in total. The van der Waals surface area contributed by atoms with E-state index in [2.05, 4.69) is 0 Å². The van der Waals surface area contributed by atoms with Crippen LogP contribution in [0, 0.1) is 0 Å². The van der Waals surface area contributed by atoms with Gasteiger partial charge in [-0.3, -0.25) is 0 Å². The summed E-state index contributed by atoms with van der Waals surface area (Å²) in [5, 5.41) is 0. The quantitative estimate of drug-likeness (QED) is 0.451. The van der Waals surface area contributed by atoms with Gasteiger partial charge in [0.2, 0.25) is 0 Å². The Labute approximate surface area is 98.3 Å². The Hall–Kier alpha value is 0.0169. The van der Waals surface area contributed by atoms with Crippen LogP contribution in [-0.4, -0.2) is 54.7 Å². The van der Waals surface area contributed by atoms with Gasteiger partial charge in [0.15, 0.2) is 5.73 Å². The molecule has 96 valence electrons. The summed E-state index contributed by atoms with van der Waals surface area (Å²) in [7, 11) is 0.652. The van der Waals surface area contributed by atoms with Gasteiger partial charge in [-0.2, -0.15) is 0 Å². The van der Waals surface area contributed by atoms with E-state index in [1.807, 2.05) is 13.8 Å². The molecule has 2 unspecified atom stereocenters. The van der Waals surface area contributed by atoms with Crippen molar-refractivity contribution in [3.05, 3.63) is 0 Å². The molecule has 16 heavy (non-hydrogen) atoms. The van der Waals surface area contributed by atoms with E-state index in [0.29, 0.717) is 13.2 Å². The van der Waals surface area contributed by atoms with Crippen LogP contribution in [0.2, 0.25) is 0 Å². The van der Waals surface area contributed by atoms with Crippen molar-refractivity contribution in [3.63, 3.8) is 0 Å². The third kappa shape index (κ3) is 3.79. The molecule has 1 saturated heterocycles. The van der Waals surface area contributed by atoms with E-state index in [1.54, 1.807) is 14.2 Å². The lowest BCUT2D eigenvalue weighted by molar-refractivity contribution is 0.0376. The predicted molar refractivity (Wildman–Crippen MR) is 61.2 cm³/mol. The van der Waals surface area contributed by atoms with E-state index < -0.39 is 8.80 Å². The van der Waals surface area contributed by atoms with E-state index in [0.717, 1.165) is 13.0 Å². The molecule has 0 aliphatic carbocycles. The van der Waals surface area contributed by atoms with Crippen molar-refractivity contribution in [2.24, 2.45) is 0 Å². The molecule has 2 atom stereocenters. The minimum atomic E-state index is -2.58. The highest BCUT2D eigenvalue weighted by molar-refractivity contribution is 6.62. The second kappa shape index (κ2) is 6.68. The van der Waals surface area contributed by atoms with Gasteiger partial charge >= 0.3 is 8.80 Å². The Bertz CT molecular complexity index is 194. The van der Waals surface area contributed by atoms with Crippen LogP contribution in [0.3, 0.4) is 0 Å². The smallest absolute Gasteiger partial charge is 0.379 e. The average Bonchev–Trinajstić information content (AvgIpc) is 3.09. The first-order chi connectivity index (χ1) is 7.68. The van der Waals surface area contributed by atoms with Crippen LogP contribution in [0.15, 0.2) is 0 Å². The first-order valence-corrected chi connectivity index (χ1v) is 7.46. The molecule has 1 aliphatic rings. The third-order valence-corrected chi connectivity index (χ3v) is 5.44. The van der Waals surface area contributed by atoms with Crippen LogP contribution in [0.1, 0.15) is 20.3 Å². The van der Waals surface area contributed by atoms with Crippen molar-refractivity contribution in [1.29, 1.82) is 0 Å². The van der Waals surface area contributed by atoms with Crippen LogP contribution in [0.5, 0.6) is 0 Å². The lowest BCUT2D eigenvalue weighted by Crippen LogP contribution is -2.50. The minimum Gasteiger partial charge on any atom is -0.379 e.